The standard InChI is InChI=1S/C19H22N2OS.C18H19F3N2S/c1-14(22)15-9-10-19-17(13-15)21(12-6-11-20(2)3)16-7-4-5-8-18(16)23-19;1-22(2)10-5-11-23-14-6-3-4-7-16(14)24-17-9-8-13(12-15(17)23)18(19,20)21/h4-5,7-10,13H,6,11-12H2,1-3H3;3-4,6-9,12H,5,10-11H2,1-2H3. The van der Waals surface area contributed by atoms with Crippen LogP contribution in [0.15, 0.2) is 105 Å². The Kier molecular flexibility index (Phi) is 11.3. The van der Waals surface area contributed by atoms with Crippen molar-refractivity contribution in [3.05, 3.63) is 96.1 Å². The van der Waals surface area contributed by atoms with Gasteiger partial charge in [0.15, 0.2) is 5.78 Å². The lowest BCUT2D eigenvalue weighted by atomic mass is 10.1. The monoisotopic (exact) mass is 678 g/mol. The lowest BCUT2D eigenvalue weighted by molar-refractivity contribution is -0.137. The molecule has 0 saturated heterocycles. The number of fused-ring (bicyclic) bond motifs is 4. The zero-order chi connectivity index (χ0) is 33.7. The van der Waals surface area contributed by atoms with E-state index >= 15 is 0 Å². The number of para-hydroxylation sites is 2. The molecule has 2 aliphatic rings. The molecular weight excluding hydrogens is 638 g/mol. The van der Waals surface area contributed by atoms with Gasteiger partial charge in [-0.2, -0.15) is 13.2 Å². The van der Waals surface area contributed by atoms with E-state index in [2.05, 4.69) is 59.1 Å². The Morgan fingerprint density at radius 3 is 1.55 bits per heavy atom. The van der Waals surface area contributed by atoms with Crippen LogP contribution in [-0.2, 0) is 6.18 Å². The second-order valence-corrected chi connectivity index (χ2v) is 14.3. The minimum atomic E-state index is -4.33. The minimum absolute atomic E-state index is 0.116. The van der Waals surface area contributed by atoms with Gasteiger partial charge in [-0.15, -0.1) is 0 Å². The topological polar surface area (TPSA) is 30.0 Å². The number of nitrogens with zero attached hydrogens (tertiary/aromatic N) is 4. The van der Waals surface area contributed by atoms with Crippen LogP contribution < -0.4 is 9.80 Å². The third-order valence-corrected chi connectivity index (χ3v) is 10.2. The number of carbonyl (C=O) groups excluding carboxylic acids is 1. The SMILES string of the molecule is CC(=O)c1ccc2c(c1)N(CCCN(C)C)c1ccccc1S2.CN(C)CCCN1c2ccccc2Sc2ccc(C(F)(F)F)cc21. The van der Waals surface area contributed by atoms with Gasteiger partial charge in [0.05, 0.1) is 28.3 Å². The smallest absolute Gasteiger partial charge is 0.340 e. The average Bonchev–Trinajstić information content (AvgIpc) is 3.03. The van der Waals surface area contributed by atoms with Crippen molar-refractivity contribution >= 4 is 52.1 Å². The normalized spacial score (nSPS) is 13.4. The Morgan fingerprint density at radius 1 is 0.638 bits per heavy atom. The molecule has 0 amide bonds. The maximum Gasteiger partial charge on any atom is 0.416 e. The van der Waals surface area contributed by atoms with Crippen LogP contribution in [0.25, 0.3) is 0 Å². The highest BCUT2D eigenvalue weighted by molar-refractivity contribution is 8.00. The fourth-order valence-corrected chi connectivity index (χ4v) is 7.78. The molecule has 47 heavy (non-hydrogen) atoms. The van der Waals surface area contributed by atoms with E-state index in [1.54, 1.807) is 24.8 Å². The molecule has 0 bridgehead atoms. The molecule has 10 heteroatoms. The van der Waals surface area contributed by atoms with Crippen molar-refractivity contribution in [2.24, 2.45) is 0 Å². The van der Waals surface area contributed by atoms with Gasteiger partial charge in [0.25, 0.3) is 0 Å². The molecule has 4 aromatic carbocycles. The molecule has 0 radical (unpaired) electrons. The summed E-state index contributed by atoms with van der Waals surface area (Å²) in [5, 5.41) is 0. The van der Waals surface area contributed by atoms with Gasteiger partial charge in [0, 0.05) is 38.2 Å². The molecule has 0 atom stereocenters. The van der Waals surface area contributed by atoms with Crippen molar-refractivity contribution in [2.75, 3.05) is 64.2 Å². The molecule has 2 aliphatic heterocycles. The van der Waals surface area contributed by atoms with Crippen molar-refractivity contribution in [3.63, 3.8) is 0 Å². The van der Waals surface area contributed by atoms with Crippen molar-refractivity contribution < 1.29 is 18.0 Å². The van der Waals surface area contributed by atoms with Crippen molar-refractivity contribution in [1.29, 1.82) is 0 Å². The van der Waals surface area contributed by atoms with E-state index in [0.29, 0.717) is 12.2 Å². The van der Waals surface area contributed by atoms with Gasteiger partial charge in [-0.25, -0.2) is 0 Å². The molecule has 0 fully saturated rings. The summed E-state index contributed by atoms with van der Waals surface area (Å²) in [6, 6.07) is 26.4. The van der Waals surface area contributed by atoms with Crippen LogP contribution in [0.4, 0.5) is 35.9 Å². The lowest BCUT2D eigenvalue weighted by Gasteiger charge is -2.33. The van der Waals surface area contributed by atoms with E-state index < -0.39 is 11.7 Å². The molecular formula is C37H41F3N4OS2. The first-order valence-electron chi connectivity index (χ1n) is 15.7. The molecule has 0 spiro atoms. The van der Waals surface area contributed by atoms with E-state index in [-0.39, 0.29) is 5.78 Å². The van der Waals surface area contributed by atoms with E-state index in [9.17, 15) is 18.0 Å². The number of benzene rings is 4. The number of Topliss-reactive ketones (excluding diaryl/α,β-unsaturated/α-hetero) is 1. The predicted octanol–water partition coefficient (Wildman–Crippen LogP) is 9.70. The zero-order valence-electron chi connectivity index (χ0n) is 27.5. The highest BCUT2D eigenvalue weighted by Crippen LogP contribution is 2.50. The zero-order valence-corrected chi connectivity index (χ0v) is 29.1. The fourth-order valence-electron chi connectivity index (χ4n) is 5.63. The molecule has 0 aromatic heterocycles. The Labute approximate surface area is 284 Å². The van der Waals surface area contributed by atoms with E-state index in [4.69, 9.17) is 0 Å². The number of ketones is 1. The number of hydrogen-bond donors (Lipinski definition) is 0. The fraction of sp³-hybridized carbons (Fsp3) is 0.324. The number of alkyl halides is 3. The van der Waals surface area contributed by atoms with E-state index in [0.717, 1.165) is 65.3 Å². The minimum Gasteiger partial charge on any atom is -0.340 e. The Balaban J connectivity index is 0.000000185. The molecule has 0 unspecified atom stereocenters. The summed E-state index contributed by atoms with van der Waals surface area (Å²) in [5.74, 6) is 0.116. The summed E-state index contributed by atoms with van der Waals surface area (Å²) in [6.07, 6.45) is -2.37. The van der Waals surface area contributed by atoms with Gasteiger partial charge in [-0.05, 0) is 116 Å². The molecule has 0 saturated carbocycles. The third-order valence-electron chi connectivity index (χ3n) is 7.96. The maximum absolute atomic E-state index is 13.1. The summed E-state index contributed by atoms with van der Waals surface area (Å²) in [6.45, 7) is 5.20. The largest absolute Gasteiger partial charge is 0.416 e. The summed E-state index contributed by atoms with van der Waals surface area (Å²) >= 11 is 3.31. The lowest BCUT2D eigenvalue weighted by Crippen LogP contribution is -2.25. The Bertz CT molecular complexity index is 1710. The van der Waals surface area contributed by atoms with Gasteiger partial charge >= 0.3 is 6.18 Å². The van der Waals surface area contributed by atoms with Crippen LogP contribution >= 0.6 is 23.5 Å². The van der Waals surface area contributed by atoms with Gasteiger partial charge < -0.3 is 19.6 Å². The second-order valence-electron chi connectivity index (χ2n) is 12.2. The number of hydrogen-bond acceptors (Lipinski definition) is 7. The number of carbonyl (C=O) groups is 1. The number of halogens is 3. The molecule has 4 aromatic rings. The van der Waals surface area contributed by atoms with Crippen molar-refractivity contribution in [1.82, 2.24) is 9.80 Å². The molecule has 6 rings (SSSR count). The molecule has 0 aliphatic carbocycles. The van der Waals surface area contributed by atoms with Crippen LogP contribution in [0.5, 0.6) is 0 Å². The van der Waals surface area contributed by atoms with Gasteiger partial charge in [-0.1, -0.05) is 53.9 Å². The van der Waals surface area contributed by atoms with Gasteiger partial charge in [0.2, 0.25) is 0 Å². The highest BCUT2D eigenvalue weighted by Gasteiger charge is 2.33. The number of anilines is 4. The molecule has 248 valence electrons. The quantitative estimate of drug-likeness (QED) is 0.163. The first-order chi connectivity index (χ1) is 22.4. The van der Waals surface area contributed by atoms with Gasteiger partial charge in [-0.3, -0.25) is 4.79 Å². The Hall–Kier alpha value is -3.44. The first kappa shape index (κ1) is 34.9. The highest BCUT2D eigenvalue weighted by atomic mass is 32.2. The third kappa shape index (κ3) is 8.54. The van der Waals surface area contributed by atoms with Crippen LogP contribution in [0.2, 0.25) is 0 Å². The second kappa shape index (κ2) is 15.2. The summed E-state index contributed by atoms with van der Waals surface area (Å²) in [7, 11) is 8.19. The van der Waals surface area contributed by atoms with E-state index in [1.165, 1.54) is 33.3 Å². The van der Waals surface area contributed by atoms with Crippen LogP contribution in [0, 0.1) is 0 Å². The van der Waals surface area contributed by atoms with Crippen molar-refractivity contribution in [3.8, 4) is 0 Å². The van der Waals surface area contributed by atoms with Crippen LogP contribution in [-0.4, -0.2) is 70.0 Å². The maximum atomic E-state index is 13.1. The molecule has 5 nitrogen and oxygen atoms in total. The van der Waals surface area contributed by atoms with Crippen LogP contribution in [0.1, 0.15) is 35.7 Å². The molecule has 0 N–H and O–H groups in total. The van der Waals surface area contributed by atoms with Gasteiger partial charge in [0.1, 0.15) is 0 Å². The Morgan fingerprint density at radius 2 is 1.09 bits per heavy atom. The van der Waals surface area contributed by atoms with E-state index in [1.807, 2.05) is 55.4 Å². The average molecular weight is 679 g/mol. The van der Waals surface area contributed by atoms with Crippen molar-refractivity contribution in [2.45, 2.75) is 45.5 Å². The number of rotatable bonds is 9. The molecule has 2 heterocycles. The summed E-state index contributed by atoms with van der Waals surface area (Å²) < 4.78 is 39.3. The summed E-state index contributed by atoms with van der Waals surface area (Å²) in [4.78, 5) is 24.9. The summed E-state index contributed by atoms with van der Waals surface area (Å²) in [5.41, 5.74) is 4.20. The van der Waals surface area contributed by atoms with Crippen LogP contribution in [0.3, 0.4) is 0 Å². The first-order valence-corrected chi connectivity index (χ1v) is 17.3. The predicted molar refractivity (Wildman–Crippen MR) is 189 cm³/mol.